The lowest BCUT2D eigenvalue weighted by Crippen LogP contribution is -2.37. The Morgan fingerprint density at radius 2 is 1.95 bits per heavy atom. The maximum Gasteiger partial charge on any atom is 0.336 e. The first-order chi connectivity index (χ1) is 21.0. The molecular weight excluding hydrogens is 570 g/mol. The first kappa shape index (κ1) is 33.7. The molecule has 1 heterocycles. The number of rotatable bonds is 14. The van der Waals surface area contributed by atoms with Crippen molar-refractivity contribution < 1.29 is 33.8 Å². The van der Waals surface area contributed by atoms with Gasteiger partial charge in [0.2, 0.25) is 0 Å². The van der Waals surface area contributed by atoms with Crippen LogP contribution in [0.15, 0.2) is 64.8 Å². The number of aliphatic imine (C=N–C) groups is 1. The summed E-state index contributed by atoms with van der Waals surface area (Å²) in [6, 6.07) is 14.9. The summed E-state index contributed by atoms with van der Waals surface area (Å²) in [5.74, 6) is -3.48. The van der Waals surface area contributed by atoms with E-state index in [-0.39, 0.29) is 54.0 Å². The highest BCUT2D eigenvalue weighted by Crippen LogP contribution is 2.41. The number of nitro benzene ring substituents is 1. The summed E-state index contributed by atoms with van der Waals surface area (Å²) in [5.41, 5.74) is 0.699. The van der Waals surface area contributed by atoms with Gasteiger partial charge in [-0.15, -0.1) is 0 Å². The lowest BCUT2D eigenvalue weighted by molar-refractivity contribution is -0.384. The van der Waals surface area contributed by atoms with Crippen LogP contribution in [0.2, 0.25) is 0 Å². The van der Waals surface area contributed by atoms with Gasteiger partial charge in [-0.05, 0) is 24.6 Å². The first-order valence-corrected chi connectivity index (χ1v) is 14.0. The van der Waals surface area contributed by atoms with Crippen molar-refractivity contribution in [2.45, 2.75) is 38.8 Å². The molecule has 0 amide bonds. The molecule has 3 unspecified atom stereocenters. The van der Waals surface area contributed by atoms with E-state index < -0.39 is 34.8 Å². The largest absolute Gasteiger partial charge is 0.489 e. The van der Waals surface area contributed by atoms with Gasteiger partial charge in [0.1, 0.15) is 42.8 Å². The number of nitro groups is 1. The van der Waals surface area contributed by atoms with Crippen LogP contribution < -0.4 is 15.0 Å². The van der Waals surface area contributed by atoms with Crippen molar-refractivity contribution >= 4 is 29.0 Å². The molecule has 1 aliphatic heterocycles. The fraction of sp³-hybridized carbons (Fsp3) is 0.419. The van der Waals surface area contributed by atoms with Gasteiger partial charge in [0.15, 0.2) is 0 Å². The smallest absolute Gasteiger partial charge is 0.336 e. The number of hydrogen-bond acceptors (Lipinski definition) is 12. The zero-order chi connectivity index (χ0) is 32.4. The molecule has 3 atom stereocenters. The molecule has 0 bridgehead atoms. The summed E-state index contributed by atoms with van der Waals surface area (Å²) in [4.78, 5) is 43.3. The molecule has 13 nitrogen and oxygen atoms in total. The average Bonchev–Trinajstić information content (AvgIpc) is 3.01. The van der Waals surface area contributed by atoms with E-state index in [1.165, 1.54) is 31.2 Å². The summed E-state index contributed by atoms with van der Waals surface area (Å²) in [6.45, 7) is 6.13. The van der Waals surface area contributed by atoms with Crippen LogP contribution in [0, 0.1) is 27.4 Å². The monoisotopic (exact) mass is 607 g/mol. The third-order valence-electron chi connectivity index (χ3n) is 6.98. The number of ether oxygens (including phenoxy) is 3. The number of hydrogen-bond donors (Lipinski definition) is 2. The molecule has 0 aromatic heterocycles. The number of non-ortho nitro benzene ring substituents is 1. The second kappa shape index (κ2) is 15.6. The van der Waals surface area contributed by atoms with Crippen molar-refractivity contribution in [2.75, 3.05) is 45.4 Å². The molecular formula is C31H37N5O8. The van der Waals surface area contributed by atoms with Gasteiger partial charge in [-0.3, -0.25) is 14.9 Å². The molecule has 2 N–H and O–H groups in total. The van der Waals surface area contributed by atoms with Gasteiger partial charge in [0.05, 0.1) is 29.8 Å². The highest BCUT2D eigenvalue weighted by atomic mass is 16.6. The number of likely N-dealkylation sites (N-methyl/N-ethyl adjacent to an activating group) is 1. The third-order valence-corrected chi connectivity index (χ3v) is 6.98. The summed E-state index contributed by atoms with van der Waals surface area (Å²) in [5, 5.41) is 34.6. The number of allylic oxidation sites excluding steroid dienone is 1. The Morgan fingerprint density at radius 1 is 1.23 bits per heavy atom. The van der Waals surface area contributed by atoms with Crippen LogP contribution in [0.5, 0.6) is 5.75 Å². The quantitative estimate of drug-likeness (QED) is 0.183. The molecule has 0 aliphatic carbocycles. The lowest BCUT2D eigenvalue weighted by Gasteiger charge is -2.30. The minimum absolute atomic E-state index is 0.00437. The molecule has 0 spiro atoms. The minimum Gasteiger partial charge on any atom is -0.489 e. The number of anilines is 1. The molecule has 0 radical (unpaired) electrons. The predicted molar refractivity (Wildman–Crippen MR) is 162 cm³/mol. The lowest BCUT2D eigenvalue weighted by atomic mass is 9.75. The van der Waals surface area contributed by atoms with Crippen LogP contribution in [0.4, 0.5) is 11.4 Å². The molecule has 0 saturated heterocycles. The Hall–Kier alpha value is -4.80. The van der Waals surface area contributed by atoms with Crippen LogP contribution >= 0.6 is 0 Å². The van der Waals surface area contributed by atoms with Gasteiger partial charge in [0.25, 0.3) is 5.69 Å². The molecule has 0 fully saturated rings. The van der Waals surface area contributed by atoms with Crippen molar-refractivity contribution in [3.8, 4) is 11.8 Å². The molecule has 13 heteroatoms. The van der Waals surface area contributed by atoms with E-state index in [0.29, 0.717) is 18.0 Å². The van der Waals surface area contributed by atoms with Gasteiger partial charge in [-0.25, -0.2) is 9.79 Å². The van der Waals surface area contributed by atoms with E-state index >= 15 is 0 Å². The second-order valence-electron chi connectivity index (χ2n) is 10.5. The topological polar surface area (TPSA) is 177 Å². The van der Waals surface area contributed by atoms with Crippen molar-refractivity contribution in [3.63, 3.8) is 0 Å². The zero-order valence-electron chi connectivity index (χ0n) is 25.4. The van der Waals surface area contributed by atoms with Crippen LogP contribution in [-0.2, 0) is 19.1 Å². The number of nitrogens with zero attached hydrogens (tertiary/aromatic N) is 4. The van der Waals surface area contributed by atoms with Gasteiger partial charge < -0.3 is 29.5 Å². The number of para-hydroxylation sites is 2. The number of esters is 2. The van der Waals surface area contributed by atoms with Crippen LogP contribution in [0.25, 0.3) is 0 Å². The number of benzene rings is 2. The Morgan fingerprint density at radius 3 is 2.61 bits per heavy atom. The molecule has 1 aliphatic rings. The average molecular weight is 608 g/mol. The van der Waals surface area contributed by atoms with E-state index in [1.54, 1.807) is 13.1 Å². The Kier molecular flexibility index (Phi) is 12.0. The van der Waals surface area contributed by atoms with Gasteiger partial charge in [-0.1, -0.05) is 38.1 Å². The number of aliphatic hydroxyl groups excluding tert-OH is 1. The normalized spacial score (nSPS) is 16.9. The van der Waals surface area contributed by atoms with Crippen LogP contribution in [0.1, 0.15) is 32.3 Å². The minimum atomic E-state index is -1.31. The Balaban J connectivity index is 1.80. The van der Waals surface area contributed by atoms with Crippen LogP contribution in [-0.4, -0.2) is 80.3 Å². The van der Waals surface area contributed by atoms with Crippen molar-refractivity contribution in [2.24, 2.45) is 10.9 Å². The number of methoxy groups -OCH3 is 1. The SMILES string of the molecule is COC(=O)C1C(C#N)=NC(C)=C(C(=O)OCCN(C)c2ccccc2OCC(O)CNC(C)C)C1c1cccc([N+](=O)[O-])c1. The molecule has 44 heavy (non-hydrogen) atoms. The van der Waals surface area contributed by atoms with Crippen LogP contribution in [0.3, 0.4) is 0 Å². The number of carbonyl (C=O) groups excluding carboxylic acids is 2. The predicted octanol–water partition coefficient (Wildman–Crippen LogP) is 3.14. The van der Waals surface area contributed by atoms with E-state index in [2.05, 4.69) is 10.3 Å². The fourth-order valence-electron chi connectivity index (χ4n) is 4.78. The van der Waals surface area contributed by atoms with E-state index in [4.69, 9.17) is 14.2 Å². The van der Waals surface area contributed by atoms with Gasteiger partial charge >= 0.3 is 11.9 Å². The molecule has 0 saturated carbocycles. The Labute approximate surface area is 255 Å². The second-order valence-corrected chi connectivity index (χ2v) is 10.5. The van der Waals surface area contributed by atoms with E-state index in [0.717, 1.165) is 7.11 Å². The van der Waals surface area contributed by atoms with Crippen molar-refractivity contribution in [1.82, 2.24) is 5.32 Å². The zero-order valence-corrected chi connectivity index (χ0v) is 25.4. The van der Waals surface area contributed by atoms with Crippen molar-refractivity contribution in [3.05, 3.63) is 75.5 Å². The molecule has 3 rings (SSSR count). The maximum absolute atomic E-state index is 13.5. The molecule has 2 aromatic carbocycles. The summed E-state index contributed by atoms with van der Waals surface area (Å²) < 4.78 is 16.4. The van der Waals surface area contributed by atoms with Gasteiger partial charge in [-0.2, -0.15) is 5.26 Å². The standard InChI is InChI=1S/C31H37N5O8/c1-19(2)33-17-23(37)18-44-26-12-7-6-11-25(26)35(4)13-14-43-31(39)27-20(3)34-24(16-32)29(30(38)42-5)28(27)21-9-8-10-22(15-21)36(40)41/h6-12,15,19,23,28-29,33,37H,13-14,17-18H2,1-5H3. The number of nitriles is 1. The molecule has 234 valence electrons. The third kappa shape index (κ3) is 8.40. The number of nitrogens with one attached hydrogen (secondary N) is 1. The number of carbonyl (C=O) groups is 2. The first-order valence-electron chi connectivity index (χ1n) is 14.0. The summed E-state index contributed by atoms with van der Waals surface area (Å²) in [6.07, 6.45) is -0.708. The summed E-state index contributed by atoms with van der Waals surface area (Å²) in [7, 11) is 2.94. The highest BCUT2D eigenvalue weighted by molar-refractivity contribution is 6.14. The van der Waals surface area contributed by atoms with E-state index in [9.17, 15) is 30.1 Å². The molecule has 2 aromatic rings. The van der Waals surface area contributed by atoms with Gasteiger partial charge in [0, 0.05) is 43.4 Å². The van der Waals surface area contributed by atoms with E-state index in [1.807, 2.05) is 43.0 Å². The fourth-order valence-corrected chi connectivity index (χ4v) is 4.78. The Bertz CT molecular complexity index is 1460. The van der Waals surface area contributed by atoms with Crippen molar-refractivity contribution in [1.29, 1.82) is 5.26 Å². The maximum atomic E-state index is 13.5. The summed E-state index contributed by atoms with van der Waals surface area (Å²) >= 11 is 0. The number of aliphatic hydroxyl groups is 1. The highest BCUT2D eigenvalue weighted by Gasteiger charge is 2.44.